The molecule has 3 nitrogen and oxygen atoms in total. The highest BCUT2D eigenvalue weighted by atomic mass is 19.3. The van der Waals surface area contributed by atoms with Crippen LogP contribution < -0.4 is 11.2 Å². The first-order chi connectivity index (χ1) is 5.88. The van der Waals surface area contributed by atoms with Crippen LogP contribution in [0.5, 0.6) is 0 Å². The fourth-order valence-corrected chi connectivity index (χ4v) is 0.964. The Bertz CT molecular complexity index is 354. The summed E-state index contributed by atoms with van der Waals surface area (Å²) in [5.74, 6) is -2.80. The van der Waals surface area contributed by atoms with Crippen molar-refractivity contribution in [3.63, 3.8) is 0 Å². The largest absolute Gasteiger partial charge is 0.394 e. The number of hydrogen-bond donors (Lipinski definition) is 1. The number of aromatic nitrogens is 1. The molecule has 13 heavy (non-hydrogen) atoms. The molecule has 0 unspecified atom stereocenters. The summed E-state index contributed by atoms with van der Waals surface area (Å²) < 4.78 is 26.2. The molecule has 0 atom stereocenters. The molecule has 0 aliphatic carbocycles. The Hall–Kier alpha value is -1.39. The minimum atomic E-state index is -2.80. The van der Waals surface area contributed by atoms with Crippen LogP contribution in [0.4, 0.5) is 14.5 Å². The highest BCUT2D eigenvalue weighted by molar-refractivity contribution is 5.33. The molecule has 2 N–H and O–H groups in total. The summed E-state index contributed by atoms with van der Waals surface area (Å²) in [6, 6.07) is 1.17. The number of anilines is 1. The molecule has 5 heteroatoms. The minimum Gasteiger partial charge on any atom is -0.394 e. The van der Waals surface area contributed by atoms with Crippen LogP contribution in [0.15, 0.2) is 23.3 Å². The summed E-state index contributed by atoms with van der Waals surface area (Å²) in [5, 5.41) is 0. The van der Waals surface area contributed by atoms with Gasteiger partial charge in [-0.15, -0.1) is 0 Å². The Labute approximate surface area is 73.8 Å². The highest BCUT2D eigenvalue weighted by Gasteiger charge is 2.21. The van der Waals surface area contributed by atoms with Gasteiger partial charge in [-0.3, -0.25) is 4.79 Å². The molecule has 1 heterocycles. The van der Waals surface area contributed by atoms with Crippen LogP contribution in [0, 0.1) is 0 Å². The zero-order valence-corrected chi connectivity index (χ0v) is 7.13. The Morgan fingerprint density at radius 2 is 2.23 bits per heavy atom. The van der Waals surface area contributed by atoms with Crippen molar-refractivity contribution >= 4 is 5.69 Å². The van der Waals surface area contributed by atoms with E-state index in [-0.39, 0.29) is 11.1 Å². The van der Waals surface area contributed by atoms with Gasteiger partial charge in [-0.1, -0.05) is 0 Å². The van der Waals surface area contributed by atoms with Crippen molar-refractivity contribution in [3.05, 3.63) is 28.7 Å². The first kappa shape index (κ1) is 9.70. The molecule has 1 rings (SSSR count). The normalized spacial score (nSPS) is 11.6. The number of pyridine rings is 1. The molecule has 0 aliphatic heterocycles. The summed E-state index contributed by atoms with van der Waals surface area (Å²) in [6.07, 6.45) is 2.50. The van der Waals surface area contributed by atoms with Gasteiger partial charge in [0.15, 0.2) is 0 Å². The smallest absolute Gasteiger partial charge is 0.262 e. The van der Waals surface area contributed by atoms with Crippen molar-refractivity contribution in [1.82, 2.24) is 4.57 Å². The lowest BCUT2D eigenvalue weighted by atomic mass is 10.3. The molecule has 0 amide bonds. The maximum Gasteiger partial charge on any atom is 0.262 e. The molecule has 0 bridgehead atoms. The van der Waals surface area contributed by atoms with E-state index >= 15 is 0 Å². The number of nitrogens with zero attached hydrogens (tertiary/aromatic N) is 1. The van der Waals surface area contributed by atoms with Crippen molar-refractivity contribution in [2.24, 2.45) is 0 Å². The zero-order valence-electron chi connectivity index (χ0n) is 7.13. The van der Waals surface area contributed by atoms with Gasteiger partial charge < -0.3 is 10.3 Å². The molecule has 1 aromatic heterocycles. The highest BCUT2D eigenvalue weighted by Crippen LogP contribution is 2.14. The minimum absolute atomic E-state index is 0.0215. The third-order valence-corrected chi connectivity index (χ3v) is 1.47. The molecule has 0 saturated carbocycles. The fourth-order valence-electron chi connectivity index (χ4n) is 0.964. The number of halogens is 2. The zero-order chi connectivity index (χ0) is 10.1. The Morgan fingerprint density at radius 3 is 2.69 bits per heavy atom. The monoisotopic (exact) mass is 188 g/mol. The van der Waals surface area contributed by atoms with E-state index in [4.69, 9.17) is 5.73 Å². The number of rotatable bonds is 2. The van der Waals surface area contributed by atoms with E-state index in [2.05, 4.69) is 0 Å². The summed E-state index contributed by atoms with van der Waals surface area (Å²) >= 11 is 0. The van der Waals surface area contributed by atoms with Crippen molar-refractivity contribution in [2.45, 2.75) is 19.4 Å². The predicted octanol–water partition coefficient (Wildman–Crippen LogP) is 1.09. The van der Waals surface area contributed by atoms with Crippen LogP contribution in [0.1, 0.15) is 6.92 Å². The van der Waals surface area contributed by atoms with Gasteiger partial charge in [0.2, 0.25) is 5.43 Å². The maximum atomic E-state index is 12.5. The molecule has 72 valence electrons. The van der Waals surface area contributed by atoms with Crippen LogP contribution >= 0.6 is 0 Å². The second-order valence-electron chi connectivity index (χ2n) is 3.01. The first-order valence-electron chi connectivity index (χ1n) is 3.72. The first-order valence-corrected chi connectivity index (χ1v) is 3.72. The number of hydrogen-bond acceptors (Lipinski definition) is 2. The van der Waals surface area contributed by atoms with E-state index in [1.807, 2.05) is 0 Å². The van der Waals surface area contributed by atoms with Gasteiger partial charge >= 0.3 is 0 Å². The second-order valence-corrected chi connectivity index (χ2v) is 3.01. The van der Waals surface area contributed by atoms with Crippen molar-refractivity contribution < 1.29 is 8.78 Å². The van der Waals surface area contributed by atoms with E-state index in [0.29, 0.717) is 0 Å². The standard InChI is InChI=1S/C8H10F2N2O/c1-8(9,10)5-12-3-2-7(13)6(11)4-12/h2-4H,5,11H2,1H3. The fraction of sp³-hybridized carbons (Fsp3) is 0.375. The van der Waals surface area contributed by atoms with Crippen molar-refractivity contribution in [2.75, 3.05) is 5.73 Å². The number of nitrogen functional groups attached to an aromatic ring is 1. The van der Waals surface area contributed by atoms with Crippen LogP contribution in [0.3, 0.4) is 0 Å². The van der Waals surface area contributed by atoms with Crippen LogP contribution in [0.25, 0.3) is 0 Å². The summed E-state index contributed by atoms with van der Waals surface area (Å²) in [6.45, 7) is 0.332. The second kappa shape index (κ2) is 3.16. The van der Waals surface area contributed by atoms with Crippen LogP contribution in [-0.4, -0.2) is 10.5 Å². The molecule has 0 aromatic carbocycles. The SMILES string of the molecule is CC(F)(F)Cn1ccc(=O)c(N)c1. The summed E-state index contributed by atoms with van der Waals surface area (Å²) in [7, 11) is 0. The molecular formula is C8H10F2N2O. The lowest BCUT2D eigenvalue weighted by Crippen LogP contribution is -2.21. The van der Waals surface area contributed by atoms with Gasteiger partial charge in [-0.2, -0.15) is 0 Å². The third-order valence-electron chi connectivity index (χ3n) is 1.47. The van der Waals surface area contributed by atoms with Crippen LogP contribution in [-0.2, 0) is 6.54 Å². The number of alkyl halides is 2. The van der Waals surface area contributed by atoms with E-state index in [1.165, 1.54) is 23.0 Å². The van der Waals surface area contributed by atoms with E-state index in [1.54, 1.807) is 0 Å². The lowest BCUT2D eigenvalue weighted by Gasteiger charge is -2.12. The Balaban J connectivity index is 2.92. The van der Waals surface area contributed by atoms with Gasteiger partial charge in [0.1, 0.15) is 0 Å². The van der Waals surface area contributed by atoms with E-state index < -0.39 is 12.5 Å². The van der Waals surface area contributed by atoms with Crippen molar-refractivity contribution in [3.8, 4) is 0 Å². The molecule has 0 aliphatic rings. The van der Waals surface area contributed by atoms with E-state index in [0.717, 1.165) is 6.92 Å². The molecule has 0 fully saturated rings. The summed E-state index contributed by atoms with van der Waals surface area (Å²) in [4.78, 5) is 10.8. The predicted molar refractivity (Wildman–Crippen MR) is 45.7 cm³/mol. The maximum absolute atomic E-state index is 12.5. The topological polar surface area (TPSA) is 48.0 Å². The van der Waals surface area contributed by atoms with E-state index in [9.17, 15) is 13.6 Å². The third kappa shape index (κ3) is 2.85. The molecular weight excluding hydrogens is 178 g/mol. The quantitative estimate of drug-likeness (QED) is 0.755. The number of nitrogens with two attached hydrogens (primary N) is 1. The van der Waals surface area contributed by atoms with Crippen molar-refractivity contribution in [1.29, 1.82) is 0 Å². The molecule has 0 saturated heterocycles. The van der Waals surface area contributed by atoms with Gasteiger partial charge in [0, 0.05) is 25.4 Å². The van der Waals surface area contributed by atoms with Gasteiger partial charge in [0.25, 0.3) is 5.92 Å². The molecule has 0 radical (unpaired) electrons. The Kier molecular flexibility index (Phi) is 2.36. The van der Waals surface area contributed by atoms with Crippen LogP contribution in [0.2, 0.25) is 0 Å². The molecule has 0 spiro atoms. The van der Waals surface area contributed by atoms with Gasteiger partial charge in [-0.25, -0.2) is 8.78 Å². The average molecular weight is 188 g/mol. The van der Waals surface area contributed by atoms with Gasteiger partial charge in [-0.05, 0) is 0 Å². The van der Waals surface area contributed by atoms with Gasteiger partial charge in [0.05, 0.1) is 12.2 Å². The average Bonchev–Trinajstić information content (AvgIpc) is 1.94. The summed E-state index contributed by atoms with van der Waals surface area (Å²) in [5.41, 5.74) is 4.89. The Morgan fingerprint density at radius 1 is 1.62 bits per heavy atom. The molecule has 1 aromatic rings. The lowest BCUT2D eigenvalue weighted by molar-refractivity contribution is 0.00383.